The first-order valence-electron chi connectivity index (χ1n) is 18.2. The molecule has 0 fully saturated rings. The molecule has 254 valence electrons. The molecule has 3 heteroatoms. The topological polar surface area (TPSA) is 38.7 Å². The van der Waals surface area contributed by atoms with Gasteiger partial charge in [0.1, 0.15) is 0 Å². The van der Waals surface area contributed by atoms with Crippen LogP contribution in [-0.4, -0.2) is 15.0 Å². The first kappa shape index (κ1) is 32.7. The zero-order valence-electron chi connectivity index (χ0n) is 29.5. The Morgan fingerprint density at radius 1 is 0.167 bits per heavy atom. The summed E-state index contributed by atoms with van der Waals surface area (Å²) in [7, 11) is 0. The van der Waals surface area contributed by atoms with Gasteiger partial charge in [0.25, 0.3) is 0 Å². The van der Waals surface area contributed by atoms with E-state index in [9.17, 15) is 0 Å². The van der Waals surface area contributed by atoms with Crippen LogP contribution in [0.3, 0.4) is 0 Å². The monoisotopic (exact) mass is 689 g/mol. The number of benzene rings is 8. The summed E-state index contributed by atoms with van der Waals surface area (Å²) in [4.78, 5) is 14.8. The molecule has 8 aromatic carbocycles. The predicted octanol–water partition coefficient (Wildman–Crippen LogP) is 13.2. The normalized spacial score (nSPS) is 11.0. The quantitative estimate of drug-likeness (QED) is 0.159. The van der Waals surface area contributed by atoms with Crippen LogP contribution in [0, 0.1) is 0 Å². The third kappa shape index (κ3) is 6.99. The van der Waals surface area contributed by atoms with Gasteiger partial charge in [-0.3, -0.25) is 0 Å². The Morgan fingerprint density at radius 3 is 0.796 bits per heavy atom. The lowest BCUT2D eigenvalue weighted by atomic mass is 9.91. The van der Waals surface area contributed by atoms with Crippen LogP contribution in [0.5, 0.6) is 0 Å². The van der Waals surface area contributed by atoms with E-state index in [0.29, 0.717) is 17.5 Å². The van der Waals surface area contributed by atoms with Crippen LogP contribution in [-0.2, 0) is 0 Å². The Labute approximate surface area is 316 Å². The Morgan fingerprint density at radius 2 is 0.389 bits per heavy atom. The van der Waals surface area contributed by atoms with Gasteiger partial charge in [-0.15, -0.1) is 0 Å². The summed E-state index contributed by atoms with van der Waals surface area (Å²) >= 11 is 0. The van der Waals surface area contributed by atoms with Crippen molar-refractivity contribution >= 4 is 0 Å². The molecule has 0 radical (unpaired) electrons. The summed E-state index contributed by atoms with van der Waals surface area (Å²) < 4.78 is 0. The lowest BCUT2D eigenvalue weighted by Crippen LogP contribution is -2.00. The van der Waals surface area contributed by atoms with Crippen molar-refractivity contribution in [3.63, 3.8) is 0 Å². The number of rotatable bonds is 8. The number of hydrogen-bond acceptors (Lipinski definition) is 3. The maximum absolute atomic E-state index is 4.98. The van der Waals surface area contributed by atoms with Gasteiger partial charge < -0.3 is 0 Å². The number of aromatic nitrogens is 3. The van der Waals surface area contributed by atoms with Crippen LogP contribution < -0.4 is 0 Å². The van der Waals surface area contributed by atoms with Gasteiger partial charge in [0.15, 0.2) is 17.5 Å². The largest absolute Gasteiger partial charge is 0.208 e. The minimum absolute atomic E-state index is 0.638. The standard InChI is InChI=1S/C51H35N3/c1-5-16-36(17-6-1)40-24-13-27-43(30-40)47-33-46(37-18-7-2-8-19-37)34-48(35-47)44-28-14-25-41(31-44)42-26-15-29-45(32-42)51-53-49(38-20-9-3-10-21-38)52-50(54-51)39-22-11-4-12-23-39/h1-35H. The smallest absolute Gasteiger partial charge is 0.164 e. The predicted molar refractivity (Wildman–Crippen MR) is 223 cm³/mol. The zero-order chi connectivity index (χ0) is 36.1. The van der Waals surface area contributed by atoms with Gasteiger partial charge in [-0.25, -0.2) is 15.0 Å². The van der Waals surface area contributed by atoms with Gasteiger partial charge in [0, 0.05) is 16.7 Å². The maximum Gasteiger partial charge on any atom is 0.164 e. The van der Waals surface area contributed by atoms with Crippen LogP contribution >= 0.6 is 0 Å². The Bertz CT molecular complexity index is 2630. The molecule has 1 aromatic heterocycles. The van der Waals surface area contributed by atoms with Crippen molar-refractivity contribution in [3.05, 3.63) is 212 Å². The van der Waals surface area contributed by atoms with E-state index < -0.39 is 0 Å². The first-order chi connectivity index (χ1) is 26.7. The molecule has 0 aliphatic heterocycles. The average molecular weight is 690 g/mol. The van der Waals surface area contributed by atoms with Gasteiger partial charge in [-0.05, 0) is 92.0 Å². The molecule has 1 heterocycles. The van der Waals surface area contributed by atoms with E-state index in [4.69, 9.17) is 15.0 Å². The van der Waals surface area contributed by atoms with Gasteiger partial charge in [0.05, 0.1) is 0 Å². The Hall–Kier alpha value is -7.23. The Balaban J connectivity index is 1.12. The van der Waals surface area contributed by atoms with E-state index >= 15 is 0 Å². The van der Waals surface area contributed by atoms with Crippen molar-refractivity contribution in [2.45, 2.75) is 0 Å². The highest BCUT2D eigenvalue weighted by Gasteiger charge is 2.14. The van der Waals surface area contributed by atoms with Gasteiger partial charge in [-0.2, -0.15) is 0 Å². The average Bonchev–Trinajstić information content (AvgIpc) is 3.27. The second-order valence-corrected chi connectivity index (χ2v) is 13.3. The molecule has 0 bridgehead atoms. The van der Waals surface area contributed by atoms with Crippen LogP contribution in [0.2, 0.25) is 0 Å². The summed E-state index contributed by atoms with van der Waals surface area (Å²) in [5.41, 5.74) is 14.5. The molecular formula is C51H35N3. The van der Waals surface area contributed by atoms with Gasteiger partial charge in [0.2, 0.25) is 0 Å². The molecule has 9 aromatic rings. The number of hydrogen-bond donors (Lipinski definition) is 0. The van der Waals surface area contributed by atoms with E-state index in [2.05, 4.69) is 152 Å². The second-order valence-electron chi connectivity index (χ2n) is 13.3. The third-order valence-corrected chi connectivity index (χ3v) is 9.69. The first-order valence-corrected chi connectivity index (χ1v) is 18.2. The lowest BCUT2D eigenvalue weighted by Gasteiger charge is -2.13. The van der Waals surface area contributed by atoms with Crippen molar-refractivity contribution in [2.75, 3.05) is 0 Å². The summed E-state index contributed by atoms with van der Waals surface area (Å²) in [6.07, 6.45) is 0. The van der Waals surface area contributed by atoms with Crippen molar-refractivity contribution in [1.29, 1.82) is 0 Å². The lowest BCUT2D eigenvalue weighted by molar-refractivity contribution is 1.07. The minimum Gasteiger partial charge on any atom is -0.208 e. The third-order valence-electron chi connectivity index (χ3n) is 9.69. The van der Waals surface area contributed by atoms with E-state index in [0.717, 1.165) is 38.9 Å². The molecule has 0 saturated heterocycles. The van der Waals surface area contributed by atoms with Crippen LogP contribution in [0.4, 0.5) is 0 Å². The molecule has 0 N–H and O–H groups in total. The molecule has 0 saturated carbocycles. The molecule has 0 unspecified atom stereocenters. The Kier molecular flexibility index (Phi) is 8.94. The molecule has 9 rings (SSSR count). The molecule has 54 heavy (non-hydrogen) atoms. The van der Waals surface area contributed by atoms with Crippen LogP contribution in [0.15, 0.2) is 212 Å². The van der Waals surface area contributed by atoms with Gasteiger partial charge >= 0.3 is 0 Å². The van der Waals surface area contributed by atoms with Crippen molar-refractivity contribution in [3.8, 4) is 89.8 Å². The molecule has 0 spiro atoms. The molecule has 0 atom stereocenters. The fourth-order valence-electron chi connectivity index (χ4n) is 6.92. The minimum atomic E-state index is 0.638. The highest BCUT2D eigenvalue weighted by atomic mass is 15.0. The second kappa shape index (κ2) is 14.8. The van der Waals surface area contributed by atoms with E-state index in [1.165, 1.54) is 33.4 Å². The molecule has 3 nitrogen and oxygen atoms in total. The summed E-state index contributed by atoms with van der Waals surface area (Å²) in [5.74, 6) is 1.93. The van der Waals surface area contributed by atoms with Crippen LogP contribution in [0.25, 0.3) is 89.8 Å². The summed E-state index contributed by atoms with van der Waals surface area (Å²) in [6.45, 7) is 0. The SMILES string of the molecule is c1ccc(-c2cccc(-c3cc(-c4ccccc4)cc(-c4cccc(-c5cccc(-c6nc(-c7ccccc7)nc(-c7ccccc7)n6)c5)c4)c3)c2)cc1. The van der Waals surface area contributed by atoms with E-state index in [1.807, 2.05) is 60.7 Å². The molecule has 0 aliphatic rings. The summed E-state index contributed by atoms with van der Waals surface area (Å²) in [6, 6.07) is 74.4. The highest BCUT2D eigenvalue weighted by Crippen LogP contribution is 2.36. The fourth-order valence-corrected chi connectivity index (χ4v) is 6.92. The van der Waals surface area contributed by atoms with Crippen LogP contribution in [0.1, 0.15) is 0 Å². The van der Waals surface area contributed by atoms with Crippen molar-refractivity contribution < 1.29 is 0 Å². The zero-order valence-corrected chi connectivity index (χ0v) is 29.5. The number of nitrogens with zero attached hydrogens (tertiary/aromatic N) is 3. The fraction of sp³-hybridized carbons (Fsp3) is 0. The molecule has 0 amide bonds. The van der Waals surface area contributed by atoms with E-state index in [1.54, 1.807) is 0 Å². The molecular weight excluding hydrogens is 655 g/mol. The van der Waals surface area contributed by atoms with Crippen molar-refractivity contribution in [1.82, 2.24) is 15.0 Å². The maximum atomic E-state index is 4.98. The van der Waals surface area contributed by atoms with Crippen molar-refractivity contribution in [2.24, 2.45) is 0 Å². The van der Waals surface area contributed by atoms with E-state index in [-0.39, 0.29) is 0 Å². The summed E-state index contributed by atoms with van der Waals surface area (Å²) in [5, 5.41) is 0. The highest BCUT2D eigenvalue weighted by molar-refractivity contribution is 5.84. The molecule has 0 aliphatic carbocycles. The van der Waals surface area contributed by atoms with Gasteiger partial charge in [-0.1, -0.05) is 176 Å².